The second-order valence-corrected chi connectivity index (χ2v) is 5.95. The van der Waals surface area contributed by atoms with E-state index in [1.165, 1.54) is 0 Å². The summed E-state index contributed by atoms with van der Waals surface area (Å²) in [6.45, 7) is 6.32. The minimum Gasteiger partial charge on any atom is -0.480 e. The number of piperazine rings is 1. The minimum absolute atomic E-state index is 0.0457. The Morgan fingerprint density at radius 1 is 1.10 bits per heavy atom. The number of carbonyl (C=O) groups excluding carboxylic acids is 1. The van der Waals surface area contributed by atoms with E-state index >= 15 is 0 Å². The van der Waals surface area contributed by atoms with Crippen LogP contribution in [0.25, 0.3) is 0 Å². The number of rotatable bonds is 4. The molecule has 2 rings (SSSR count). The van der Waals surface area contributed by atoms with E-state index in [0.29, 0.717) is 26.2 Å². The van der Waals surface area contributed by atoms with Crippen molar-refractivity contribution in [2.45, 2.75) is 19.3 Å². The maximum atomic E-state index is 12.7. The van der Waals surface area contributed by atoms with Crippen LogP contribution in [-0.2, 0) is 15.0 Å². The lowest BCUT2D eigenvalue weighted by molar-refractivity contribution is -0.140. The number of nitrogens with zero attached hydrogens (tertiary/aromatic N) is 2. The van der Waals surface area contributed by atoms with E-state index < -0.39 is 11.4 Å². The molecule has 5 nitrogen and oxygen atoms in total. The molecule has 21 heavy (non-hydrogen) atoms. The van der Waals surface area contributed by atoms with Crippen LogP contribution in [0, 0.1) is 0 Å². The number of hydrogen-bond donors (Lipinski definition) is 1. The van der Waals surface area contributed by atoms with Gasteiger partial charge in [-0.2, -0.15) is 0 Å². The fourth-order valence-electron chi connectivity index (χ4n) is 2.67. The molecule has 5 heteroatoms. The highest BCUT2D eigenvalue weighted by atomic mass is 16.4. The smallest absolute Gasteiger partial charge is 0.317 e. The predicted molar refractivity (Wildman–Crippen MR) is 80.1 cm³/mol. The Bertz CT molecular complexity index is 506. The average Bonchev–Trinajstić information content (AvgIpc) is 2.47. The molecule has 0 unspecified atom stereocenters. The zero-order chi connectivity index (χ0) is 15.5. The van der Waals surface area contributed by atoms with Crippen molar-refractivity contribution in [1.29, 1.82) is 0 Å². The Labute approximate surface area is 125 Å². The molecule has 0 bridgehead atoms. The van der Waals surface area contributed by atoms with Gasteiger partial charge in [0.05, 0.1) is 12.0 Å². The van der Waals surface area contributed by atoms with Gasteiger partial charge in [-0.1, -0.05) is 30.3 Å². The Balaban J connectivity index is 2.00. The fourth-order valence-corrected chi connectivity index (χ4v) is 2.67. The van der Waals surface area contributed by atoms with Crippen LogP contribution >= 0.6 is 0 Å². The number of carboxylic acid groups (broad SMARTS) is 1. The average molecular weight is 290 g/mol. The van der Waals surface area contributed by atoms with Gasteiger partial charge in [0, 0.05) is 26.2 Å². The van der Waals surface area contributed by atoms with Crippen molar-refractivity contribution < 1.29 is 14.7 Å². The summed E-state index contributed by atoms with van der Waals surface area (Å²) < 4.78 is 0. The van der Waals surface area contributed by atoms with E-state index in [1.807, 2.05) is 54.0 Å². The summed E-state index contributed by atoms with van der Waals surface area (Å²) in [5.41, 5.74) is 0.443. The summed E-state index contributed by atoms with van der Waals surface area (Å²) in [7, 11) is 0. The lowest BCUT2D eigenvalue weighted by atomic mass is 9.83. The molecule has 1 amide bonds. The van der Waals surface area contributed by atoms with Crippen molar-refractivity contribution in [1.82, 2.24) is 9.80 Å². The van der Waals surface area contributed by atoms with Crippen molar-refractivity contribution in [3.8, 4) is 0 Å². The van der Waals surface area contributed by atoms with Gasteiger partial charge in [0.1, 0.15) is 0 Å². The molecule has 0 aromatic heterocycles. The number of carbonyl (C=O) groups is 2. The molecule has 1 heterocycles. The van der Waals surface area contributed by atoms with Gasteiger partial charge in [-0.05, 0) is 19.4 Å². The molecule has 1 saturated heterocycles. The molecule has 1 aromatic rings. The first-order chi connectivity index (χ1) is 9.91. The SMILES string of the molecule is CC(C)(C(=O)N1CCN(CC(=O)O)CC1)c1ccccc1. The summed E-state index contributed by atoms with van der Waals surface area (Å²) in [6.07, 6.45) is 0. The quantitative estimate of drug-likeness (QED) is 0.905. The summed E-state index contributed by atoms with van der Waals surface area (Å²) in [6, 6.07) is 9.76. The van der Waals surface area contributed by atoms with E-state index in [1.54, 1.807) is 0 Å². The summed E-state index contributed by atoms with van der Waals surface area (Å²) in [5, 5.41) is 8.80. The number of benzene rings is 1. The van der Waals surface area contributed by atoms with Crippen molar-refractivity contribution in [3.63, 3.8) is 0 Å². The Morgan fingerprint density at radius 3 is 2.19 bits per heavy atom. The summed E-state index contributed by atoms with van der Waals surface area (Å²) in [4.78, 5) is 27.1. The second-order valence-electron chi connectivity index (χ2n) is 5.95. The first kappa shape index (κ1) is 15.5. The zero-order valence-electron chi connectivity index (χ0n) is 12.6. The molecule has 0 saturated carbocycles. The molecule has 1 fully saturated rings. The van der Waals surface area contributed by atoms with Crippen molar-refractivity contribution in [2.24, 2.45) is 0 Å². The fraction of sp³-hybridized carbons (Fsp3) is 0.500. The lowest BCUT2D eigenvalue weighted by Gasteiger charge is -2.38. The van der Waals surface area contributed by atoms with Gasteiger partial charge in [0.15, 0.2) is 0 Å². The molecular weight excluding hydrogens is 268 g/mol. The largest absolute Gasteiger partial charge is 0.480 e. The Morgan fingerprint density at radius 2 is 1.67 bits per heavy atom. The molecule has 0 radical (unpaired) electrons. The minimum atomic E-state index is -0.820. The standard InChI is InChI=1S/C16H22N2O3/c1-16(2,13-6-4-3-5-7-13)15(21)18-10-8-17(9-11-18)12-14(19)20/h3-7H,8-12H2,1-2H3,(H,19,20). The Kier molecular flexibility index (Phi) is 4.63. The van der Waals surface area contributed by atoms with E-state index in [0.717, 1.165) is 5.56 Å². The highest BCUT2D eigenvalue weighted by Crippen LogP contribution is 2.26. The predicted octanol–water partition coefficient (Wildman–Crippen LogP) is 1.19. The van der Waals surface area contributed by atoms with Gasteiger partial charge in [-0.15, -0.1) is 0 Å². The first-order valence-corrected chi connectivity index (χ1v) is 7.20. The molecular formula is C16H22N2O3. The molecule has 0 aliphatic carbocycles. The monoisotopic (exact) mass is 290 g/mol. The third-order valence-corrected chi connectivity index (χ3v) is 4.05. The molecule has 0 atom stereocenters. The number of hydrogen-bond acceptors (Lipinski definition) is 3. The first-order valence-electron chi connectivity index (χ1n) is 7.20. The number of amides is 1. The van der Waals surface area contributed by atoms with E-state index in [4.69, 9.17) is 5.11 Å². The van der Waals surface area contributed by atoms with E-state index in [2.05, 4.69) is 0 Å². The molecule has 1 N–H and O–H groups in total. The third-order valence-electron chi connectivity index (χ3n) is 4.05. The Hall–Kier alpha value is -1.88. The van der Waals surface area contributed by atoms with Crippen LogP contribution in [0.4, 0.5) is 0 Å². The van der Waals surface area contributed by atoms with Crippen LogP contribution < -0.4 is 0 Å². The van der Waals surface area contributed by atoms with Crippen LogP contribution in [0.2, 0.25) is 0 Å². The van der Waals surface area contributed by atoms with Crippen LogP contribution in [0.5, 0.6) is 0 Å². The normalized spacial score (nSPS) is 16.8. The van der Waals surface area contributed by atoms with Gasteiger partial charge in [-0.3, -0.25) is 14.5 Å². The summed E-state index contributed by atoms with van der Waals surface area (Å²) in [5.74, 6) is -0.719. The molecule has 1 aliphatic rings. The van der Waals surface area contributed by atoms with Gasteiger partial charge in [0.25, 0.3) is 0 Å². The molecule has 1 aliphatic heterocycles. The van der Waals surface area contributed by atoms with E-state index in [-0.39, 0.29) is 12.5 Å². The number of carboxylic acids is 1. The maximum absolute atomic E-state index is 12.7. The molecule has 1 aromatic carbocycles. The maximum Gasteiger partial charge on any atom is 0.317 e. The van der Waals surface area contributed by atoms with Gasteiger partial charge in [0.2, 0.25) is 5.91 Å². The number of aliphatic carboxylic acids is 1. The topological polar surface area (TPSA) is 60.9 Å². The second kappa shape index (κ2) is 6.26. The van der Waals surface area contributed by atoms with Gasteiger partial charge < -0.3 is 10.0 Å². The lowest BCUT2D eigenvalue weighted by Crippen LogP contribution is -2.53. The molecule has 114 valence electrons. The molecule has 0 spiro atoms. The van der Waals surface area contributed by atoms with Crippen molar-refractivity contribution in [3.05, 3.63) is 35.9 Å². The zero-order valence-corrected chi connectivity index (χ0v) is 12.6. The van der Waals surface area contributed by atoms with E-state index in [9.17, 15) is 9.59 Å². The van der Waals surface area contributed by atoms with Crippen molar-refractivity contribution in [2.75, 3.05) is 32.7 Å². The van der Waals surface area contributed by atoms with Gasteiger partial charge >= 0.3 is 5.97 Å². The highest BCUT2D eigenvalue weighted by Gasteiger charge is 2.35. The third kappa shape index (κ3) is 3.61. The highest BCUT2D eigenvalue weighted by molar-refractivity contribution is 5.87. The van der Waals surface area contributed by atoms with Crippen LogP contribution in [-0.4, -0.2) is 59.5 Å². The van der Waals surface area contributed by atoms with Crippen LogP contribution in [0.3, 0.4) is 0 Å². The van der Waals surface area contributed by atoms with Crippen molar-refractivity contribution >= 4 is 11.9 Å². The van der Waals surface area contributed by atoms with Crippen LogP contribution in [0.1, 0.15) is 19.4 Å². The van der Waals surface area contributed by atoms with Gasteiger partial charge in [-0.25, -0.2) is 0 Å². The van der Waals surface area contributed by atoms with Crippen LogP contribution in [0.15, 0.2) is 30.3 Å². The summed E-state index contributed by atoms with van der Waals surface area (Å²) >= 11 is 0.